The molecule has 0 spiro atoms. The number of hydrogen-bond donors (Lipinski definition) is 3. The van der Waals surface area contributed by atoms with Crippen molar-refractivity contribution in [1.82, 2.24) is 4.98 Å². The van der Waals surface area contributed by atoms with Crippen molar-refractivity contribution in [1.29, 1.82) is 0 Å². The number of para-hydroxylation sites is 2. The lowest BCUT2D eigenvalue weighted by atomic mass is 10.2. The number of aliphatic hydroxyl groups excluding tert-OH is 1. The van der Waals surface area contributed by atoms with E-state index < -0.39 is 11.7 Å². The van der Waals surface area contributed by atoms with Crippen LogP contribution in [0.15, 0.2) is 42.6 Å². The largest absolute Gasteiger partial charge is 0.444 e. The minimum Gasteiger partial charge on any atom is -0.444 e. The molecule has 0 atom stereocenters. The zero-order valence-electron chi connectivity index (χ0n) is 14.4. The summed E-state index contributed by atoms with van der Waals surface area (Å²) in [6, 6.07) is 9.94. The Labute approximate surface area is 146 Å². The van der Waals surface area contributed by atoms with Crippen molar-refractivity contribution in [2.24, 2.45) is 0 Å². The van der Waals surface area contributed by atoms with Gasteiger partial charge in [0.1, 0.15) is 5.60 Å². The monoisotopic (exact) mass is 343 g/mol. The number of aromatic nitrogens is 1. The normalized spacial score (nSPS) is 10.9. The molecule has 0 aliphatic heterocycles. The van der Waals surface area contributed by atoms with E-state index in [1.807, 2.05) is 0 Å². The molecule has 2 aromatic rings. The maximum Gasteiger partial charge on any atom is 0.412 e. The van der Waals surface area contributed by atoms with Gasteiger partial charge in [-0.15, -0.1) is 0 Å². The third-order valence-electron chi connectivity index (χ3n) is 3.06. The van der Waals surface area contributed by atoms with Crippen LogP contribution in [0.1, 0.15) is 36.8 Å². The summed E-state index contributed by atoms with van der Waals surface area (Å²) in [5.74, 6) is -0.379. The van der Waals surface area contributed by atoms with Crippen molar-refractivity contribution in [2.75, 3.05) is 10.6 Å². The number of ether oxygens (including phenoxy) is 1. The fourth-order valence-electron chi connectivity index (χ4n) is 1.96. The molecule has 1 heterocycles. The molecule has 1 aromatic carbocycles. The van der Waals surface area contributed by atoms with Crippen LogP contribution in [0.25, 0.3) is 0 Å². The number of hydrogen-bond acceptors (Lipinski definition) is 5. The van der Waals surface area contributed by atoms with Gasteiger partial charge in [0.05, 0.1) is 29.2 Å². The van der Waals surface area contributed by atoms with Crippen molar-refractivity contribution in [3.05, 3.63) is 53.9 Å². The Hall–Kier alpha value is -2.93. The van der Waals surface area contributed by atoms with Crippen LogP contribution in [-0.4, -0.2) is 27.7 Å². The van der Waals surface area contributed by atoms with E-state index in [0.29, 0.717) is 22.6 Å². The summed E-state index contributed by atoms with van der Waals surface area (Å²) < 4.78 is 5.22. The Kier molecular flexibility index (Phi) is 5.71. The third-order valence-corrected chi connectivity index (χ3v) is 3.06. The van der Waals surface area contributed by atoms with Crippen LogP contribution in [0.3, 0.4) is 0 Å². The van der Waals surface area contributed by atoms with Gasteiger partial charge in [-0.05, 0) is 45.0 Å². The van der Waals surface area contributed by atoms with Crippen LogP contribution in [0.5, 0.6) is 0 Å². The van der Waals surface area contributed by atoms with Crippen molar-refractivity contribution in [2.45, 2.75) is 33.0 Å². The van der Waals surface area contributed by atoms with Crippen LogP contribution >= 0.6 is 0 Å². The fourth-order valence-corrected chi connectivity index (χ4v) is 1.96. The van der Waals surface area contributed by atoms with Crippen LogP contribution in [0.4, 0.5) is 16.2 Å². The summed E-state index contributed by atoms with van der Waals surface area (Å²) in [6.45, 7) is 5.11. The first-order valence-corrected chi connectivity index (χ1v) is 7.74. The van der Waals surface area contributed by atoms with E-state index in [1.54, 1.807) is 57.2 Å². The molecule has 2 rings (SSSR count). The highest BCUT2D eigenvalue weighted by atomic mass is 16.6. The van der Waals surface area contributed by atoms with Crippen LogP contribution in [-0.2, 0) is 11.3 Å². The number of pyridine rings is 1. The molecular formula is C18H21N3O4. The van der Waals surface area contributed by atoms with Gasteiger partial charge in [0, 0.05) is 6.20 Å². The second kappa shape index (κ2) is 7.76. The molecule has 0 saturated heterocycles. The highest BCUT2D eigenvalue weighted by molar-refractivity contribution is 6.06. The number of aliphatic hydroxyl groups is 1. The van der Waals surface area contributed by atoms with Gasteiger partial charge >= 0.3 is 6.09 Å². The highest BCUT2D eigenvalue weighted by Crippen LogP contribution is 2.22. The van der Waals surface area contributed by atoms with E-state index in [9.17, 15) is 9.59 Å². The zero-order valence-corrected chi connectivity index (χ0v) is 14.4. The molecule has 2 amide bonds. The summed E-state index contributed by atoms with van der Waals surface area (Å²) in [7, 11) is 0. The standard InChI is InChI=1S/C18H21N3O4/c1-18(2,3)25-17(24)21-15-7-5-4-6-14(15)20-16(23)12-8-9-13(11-22)19-10-12/h4-10,22H,11H2,1-3H3,(H,20,23)(H,21,24). The molecule has 1 aromatic heterocycles. The number of carbonyl (C=O) groups excluding carboxylic acids is 2. The van der Waals surface area contributed by atoms with Crippen molar-refractivity contribution < 1.29 is 19.4 Å². The SMILES string of the molecule is CC(C)(C)OC(=O)Nc1ccccc1NC(=O)c1ccc(CO)nc1. The topological polar surface area (TPSA) is 101 Å². The van der Waals surface area contributed by atoms with Gasteiger partial charge in [-0.1, -0.05) is 12.1 Å². The molecule has 0 saturated carbocycles. The Morgan fingerprint density at radius 3 is 2.24 bits per heavy atom. The van der Waals surface area contributed by atoms with E-state index in [-0.39, 0.29) is 12.5 Å². The number of nitrogens with zero attached hydrogens (tertiary/aromatic N) is 1. The molecular weight excluding hydrogens is 322 g/mol. The van der Waals surface area contributed by atoms with Crippen LogP contribution in [0.2, 0.25) is 0 Å². The lowest BCUT2D eigenvalue weighted by Gasteiger charge is -2.20. The maximum atomic E-state index is 12.3. The second-order valence-corrected chi connectivity index (χ2v) is 6.32. The maximum absolute atomic E-state index is 12.3. The smallest absolute Gasteiger partial charge is 0.412 e. The first kappa shape index (κ1) is 18.4. The molecule has 0 unspecified atom stereocenters. The van der Waals surface area contributed by atoms with Crippen LogP contribution < -0.4 is 10.6 Å². The second-order valence-electron chi connectivity index (χ2n) is 6.32. The molecule has 25 heavy (non-hydrogen) atoms. The Morgan fingerprint density at radius 2 is 1.72 bits per heavy atom. The van der Waals surface area contributed by atoms with Gasteiger partial charge < -0.3 is 15.2 Å². The van der Waals surface area contributed by atoms with Crippen molar-refractivity contribution in [3.63, 3.8) is 0 Å². The van der Waals surface area contributed by atoms with Crippen LogP contribution in [0, 0.1) is 0 Å². The predicted octanol–water partition coefficient (Wildman–Crippen LogP) is 3.17. The number of benzene rings is 1. The Morgan fingerprint density at radius 1 is 1.08 bits per heavy atom. The molecule has 3 N–H and O–H groups in total. The van der Waals surface area contributed by atoms with Gasteiger partial charge in [-0.2, -0.15) is 0 Å². The summed E-state index contributed by atoms with van der Waals surface area (Å²) in [6.07, 6.45) is 0.772. The van der Waals surface area contributed by atoms with E-state index in [2.05, 4.69) is 15.6 Å². The minimum atomic E-state index is -0.623. The number of anilines is 2. The van der Waals surface area contributed by atoms with Gasteiger partial charge in [0.2, 0.25) is 0 Å². The molecule has 0 aliphatic rings. The van der Waals surface area contributed by atoms with E-state index in [0.717, 1.165) is 0 Å². The molecule has 7 nitrogen and oxygen atoms in total. The molecule has 0 radical (unpaired) electrons. The van der Waals surface area contributed by atoms with Crippen molar-refractivity contribution >= 4 is 23.4 Å². The van der Waals surface area contributed by atoms with E-state index >= 15 is 0 Å². The average molecular weight is 343 g/mol. The summed E-state index contributed by atoms with van der Waals surface area (Å²) in [4.78, 5) is 28.2. The lowest BCUT2D eigenvalue weighted by molar-refractivity contribution is 0.0635. The lowest BCUT2D eigenvalue weighted by Crippen LogP contribution is -2.27. The first-order valence-electron chi connectivity index (χ1n) is 7.74. The van der Waals surface area contributed by atoms with E-state index in [1.165, 1.54) is 6.20 Å². The quantitative estimate of drug-likeness (QED) is 0.791. The number of rotatable bonds is 4. The molecule has 0 bridgehead atoms. The minimum absolute atomic E-state index is 0.190. The predicted molar refractivity (Wildman–Crippen MR) is 94.4 cm³/mol. The Balaban J connectivity index is 2.11. The highest BCUT2D eigenvalue weighted by Gasteiger charge is 2.17. The molecule has 132 valence electrons. The average Bonchev–Trinajstić information content (AvgIpc) is 2.55. The summed E-state index contributed by atoms with van der Waals surface area (Å²) in [5.41, 5.74) is 1.05. The molecule has 0 aliphatic carbocycles. The molecule has 0 fully saturated rings. The zero-order chi connectivity index (χ0) is 18.4. The summed E-state index contributed by atoms with van der Waals surface area (Å²) >= 11 is 0. The Bertz CT molecular complexity index is 752. The van der Waals surface area contributed by atoms with Gasteiger partial charge in [-0.25, -0.2) is 4.79 Å². The fraction of sp³-hybridized carbons (Fsp3) is 0.278. The first-order chi connectivity index (χ1) is 11.8. The molecule has 7 heteroatoms. The van der Waals surface area contributed by atoms with E-state index in [4.69, 9.17) is 9.84 Å². The number of amides is 2. The van der Waals surface area contributed by atoms with Gasteiger partial charge in [0.25, 0.3) is 5.91 Å². The third kappa shape index (κ3) is 5.58. The number of nitrogens with one attached hydrogen (secondary N) is 2. The van der Waals surface area contributed by atoms with Crippen molar-refractivity contribution in [3.8, 4) is 0 Å². The summed E-state index contributed by atoms with van der Waals surface area (Å²) in [5, 5.41) is 14.3. The van der Waals surface area contributed by atoms with Gasteiger partial charge in [0.15, 0.2) is 0 Å². The van der Waals surface area contributed by atoms with Gasteiger partial charge in [-0.3, -0.25) is 15.1 Å². The number of carbonyl (C=O) groups is 2.